The third kappa shape index (κ3) is 2.70. The van der Waals surface area contributed by atoms with E-state index < -0.39 is 0 Å². The molecule has 5 heteroatoms. The van der Waals surface area contributed by atoms with Gasteiger partial charge >= 0.3 is 5.97 Å². The molecule has 0 fully saturated rings. The number of hydrogen-bond acceptors (Lipinski definition) is 4. The van der Waals surface area contributed by atoms with Crippen molar-refractivity contribution in [1.29, 1.82) is 0 Å². The summed E-state index contributed by atoms with van der Waals surface area (Å²) >= 11 is 3.28. The number of nitrogens with two attached hydrogens (primary N) is 1. The highest BCUT2D eigenvalue weighted by Crippen LogP contribution is 2.21. The molecule has 0 aliphatic heterocycles. The molecule has 0 aliphatic carbocycles. The van der Waals surface area contributed by atoms with Crippen LogP contribution in [0.3, 0.4) is 0 Å². The zero-order valence-electron chi connectivity index (χ0n) is 7.79. The van der Waals surface area contributed by atoms with Crippen LogP contribution in [0, 0.1) is 0 Å². The molecular weight excluding hydrogens is 248 g/mol. The van der Waals surface area contributed by atoms with Crippen molar-refractivity contribution < 1.29 is 9.53 Å². The van der Waals surface area contributed by atoms with Crippen molar-refractivity contribution in [2.45, 2.75) is 13.3 Å². The summed E-state index contributed by atoms with van der Waals surface area (Å²) in [6.45, 7) is 2.14. The Bertz CT molecular complexity index is 321. The quantitative estimate of drug-likeness (QED) is 0.836. The van der Waals surface area contributed by atoms with Gasteiger partial charge in [-0.05, 0) is 22.9 Å². The number of rotatable bonds is 3. The highest BCUT2D eigenvalue weighted by Gasteiger charge is 2.10. The van der Waals surface area contributed by atoms with Gasteiger partial charge in [-0.2, -0.15) is 0 Å². The fraction of sp³-hybridized carbons (Fsp3) is 0.333. The second kappa shape index (κ2) is 4.95. The minimum absolute atomic E-state index is 0.169. The van der Waals surface area contributed by atoms with Gasteiger partial charge in [-0.1, -0.05) is 0 Å². The van der Waals surface area contributed by atoms with Crippen LogP contribution >= 0.6 is 15.9 Å². The summed E-state index contributed by atoms with van der Waals surface area (Å²) in [5, 5.41) is 0. The number of nitrogens with zero attached hydrogens (tertiary/aromatic N) is 1. The highest BCUT2D eigenvalue weighted by molar-refractivity contribution is 9.10. The van der Waals surface area contributed by atoms with E-state index in [0.717, 1.165) is 10.0 Å². The van der Waals surface area contributed by atoms with Crippen molar-refractivity contribution in [2.75, 3.05) is 12.3 Å². The standard InChI is InChI=1S/C9H11BrN2O2/c1-2-14-9(13)3-6-7(10)4-12-5-8(6)11/h4-5H,2-3,11H2,1H3. The first-order valence-corrected chi connectivity index (χ1v) is 4.98. The number of carbonyl (C=O) groups is 1. The molecule has 0 bridgehead atoms. The molecule has 0 spiro atoms. The van der Waals surface area contributed by atoms with Crippen molar-refractivity contribution in [2.24, 2.45) is 0 Å². The summed E-state index contributed by atoms with van der Waals surface area (Å²) < 4.78 is 5.55. The second-order valence-corrected chi connectivity index (χ2v) is 3.53. The normalized spacial score (nSPS) is 9.86. The molecule has 14 heavy (non-hydrogen) atoms. The molecule has 0 saturated carbocycles. The Hall–Kier alpha value is -1.10. The Balaban J connectivity index is 2.80. The molecule has 4 nitrogen and oxygen atoms in total. The number of ether oxygens (including phenoxy) is 1. The van der Waals surface area contributed by atoms with E-state index in [0.29, 0.717) is 12.3 Å². The largest absolute Gasteiger partial charge is 0.466 e. The molecule has 1 aromatic rings. The molecule has 1 rings (SSSR count). The van der Waals surface area contributed by atoms with Crippen LogP contribution in [0.1, 0.15) is 12.5 Å². The molecule has 0 unspecified atom stereocenters. The van der Waals surface area contributed by atoms with Gasteiger partial charge in [0.2, 0.25) is 0 Å². The lowest BCUT2D eigenvalue weighted by Gasteiger charge is -2.06. The topological polar surface area (TPSA) is 65.2 Å². The maximum atomic E-state index is 11.2. The number of nitrogen functional groups attached to an aromatic ring is 1. The van der Waals surface area contributed by atoms with Crippen molar-refractivity contribution in [3.63, 3.8) is 0 Å². The van der Waals surface area contributed by atoms with E-state index >= 15 is 0 Å². The molecular formula is C9H11BrN2O2. The number of aromatic nitrogens is 1. The Morgan fingerprint density at radius 1 is 1.64 bits per heavy atom. The van der Waals surface area contributed by atoms with Crippen LogP contribution in [0.4, 0.5) is 5.69 Å². The predicted molar refractivity (Wildman–Crippen MR) is 56.7 cm³/mol. The van der Waals surface area contributed by atoms with E-state index in [1.807, 2.05) is 0 Å². The average molecular weight is 259 g/mol. The fourth-order valence-corrected chi connectivity index (χ4v) is 1.51. The minimum atomic E-state index is -0.286. The monoisotopic (exact) mass is 258 g/mol. The van der Waals surface area contributed by atoms with Gasteiger partial charge in [0.05, 0.1) is 24.9 Å². The van der Waals surface area contributed by atoms with Crippen LogP contribution in [0.2, 0.25) is 0 Å². The molecule has 0 aliphatic rings. The average Bonchev–Trinajstić information content (AvgIpc) is 2.12. The number of carbonyl (C=O) groups excluding carboxylic acids is 1. The van der Waals surface area contributed by atoms with E-state index in [-0.39, 0.29) is 12.4 Å². The van der Waals surface area contributed by atoms with Crippen molar-refractivity contribution in [3.05, 3.63) is 22.4 Å². The van der Waals surface area contributed by atoms with Gasteiger partial charge in [-0.25, -0.2) is 0 Å². The molecule has 0 radical (unpaired) electrons. The third-order valence-electron chi connectivity index (χ3n) is 1.66. The van der Waals surface area contributed by atoms with Gasteiger partial charge in [-0.15, -0.1) is 0 Å². The van der Waals surface area contributed by atoms with Crippen LogP contribution in [0.15, 0.2) is 16.9 Å². The van der Waals surface area contributed by atoms with E-state index in [1.165, 1.54) is 6.20 Å². The van der Waals surface area contributed by atoms with Gasteiger partial charge in [-0.3, -0.25) is 9.78 Å². The smallest absolute Gasteiger partial charge is 0.310 e. The molecule has 0 amide bonds. The number of anilines is 1. The fourth-order valence-electron chi connectivity index (χ4n) is 1.02. The Morgan fingerprint density at radius 2 is 2.36 bits per heavy atom. The lowest BCUT2D eigenvalue weighted by molar-refractivity contribution is -0.142. The zero-order valence-corrected chi connectivity index (χ0v) is 9.37. The van der Waals surface area contributed by atoms with Crippen LogP contribution < -0.4 is 5.73 Å². The molecule has 1 heterocycles. The molecule has 2 N–H and O–H groups in total. The number of esters is 1. The Labute approximate surface area is 90.6 Å². The van der Waals surface area contributed by atoms with Crippen molar-refractivity contribution in [1.82, 2.24) is 4.98 Å². The predicted octanol–water partition coefficient (Wildman–Crippen LogP) is 1.53. The first kappa shape index (κ1) is 11.0. The Morgan fingerprint density at radius 3 is 2.93 bits per heavy atom. The van der Waals surface area contributed by atoms with E-state index in [2.05, 4.69) is 20.9 Å². The lowest BCUT2D eigenvalue weighted by Crippen LogP contribution is -2.10. The molecule has 1 aromatic heterocycles. The SMILES string of the molecule is CCOC(=O)Cc1c(N)cncc1Br. The second-order valence-electron chi connectivity index (χ2n) is 2.67. The maximum Gasteiger partial charge on any atom is 0.310 e. The molecule has 0 atom stereocenters. The molecule has 0 saturated heterocycles. The number of pyridine rings is 1. The van der Waals surface area contributed by atoms with Gasteiger partial charge in [0, 0.05) is 16.2 Å². The van der Waals surface area contributed by atoms with E-state index in [1.54, 1.807) is 13.1 Å². The van der Waals surface area contributed by atoms with Crippen LogP contribution in [-0.2, 0) is 16.0 Å². The van der Waals surface area contributed by atoms with Crippen molar-refractivity contribution in [3.8, 4) is 0 Å². The van der Waals surface area contributed by atoms with E-state index in [9.17, 15) is 4.79 Å². The summed E-state index contributed by atoms with van der Waals surface area (Å²) in [7, 11) is 0. The van der Waals surface area contributed by atoms with Crippen LogP contribution in [0.25, 0.3) is 0 Å². The van der Waals surface area contributed by atoms with Gasteiger partial charge in [0.1, 0.15) is 0 Å². The highest BCUT2D eigenvalue weighted by atomic mass is 79.9. The first-order valence-electron chi connectivity index (χ1n) is 4.18. The van der Waals surface area contributed by atoms with Gasteiger partial charge in [0.15, 0.2) is 0 Å². The van der Waals surface area contributed by atoms with Crippen molar-refractivity contribution >= 4 is 27.6 Å². The number of halogens is 1. The zero-order chi connectivity index (χ0) is 10.6. The Kier molecular flexibility index (Phi) is 3.88. The lowest BCUT2D eigenvalue weighted by atomic mass is 10.2. The summed E-state index contributed by atoms with van der Waals surface area (Å²) in [5.41, 5.74) is 6.88. The van der Waals surface area contributed by atoms with Gasteiger partial charge in [0.25, 0.3) is 0 Å². The summed E-state index contributed by atoms with van der Waals surface area (Å²) in [4.78, 5) is 15.1. The molecule has 0 aromatic carbocycles. The summed E-state index contributed by atoms with van der Waals surface area (Å²) in [6, 6.07) is 0. The first-order chi connectivity index (χ1) is 6.65. The molecule has 76 valence electrons. The van der Waals surface area contributed by atoms with Gasteiger partial charge < -0.3 is 10.5 Å². The third-order valence-corrected chi connectivity index (χ3v) is 2.35. The maximum absolute atomic E-state index is 11.2. The van der Waals surface area contributed by atoms with Crippen LogP contribution in [0.5, 0.6) is 0 Å². The summed E-state index contributed by atoms with van der Waals surface area (Å²) in [5.74, 6) is -0.286. The van der Waals surface area contributed by atoms with E-state index in [4.69, 9.17) is 10.5 Å². The minimum Gasteiger partial charge on any atom is -0.466 e. The summed E-state index contributed by atoms with van der Waals surface area (Å²) in [6.07, 6.45) is 3.28. The van der Waals surface area contributed by atoms with Crippen LogP contribution in [-0.4, -0.2) is 17.6 Å². The number of hydrogen-bond donors (Lipinski definition) is 1.